The molecule has 0 radical (unpaired) electrons. The zero-order valence-electron chi connectivity index (χ0n) is 30.1. The van der Waals surface area contributed by atoms with Crippen molar-refractivity contribution in [3.05, 3.63) is 82.9 Å². The molecule has 9 nitrogen and oxygen atoms in total. The summed E-state index contributed by atoms with van der Waals surface area (Å²) in [6.45, 7) is 4.00. The van der Waals surface area contributed by atoms with Gasteiger partial charge in [0, 0.05) is 0 Å². The minimum absolute atomic E-state index is 0.0546. The Balaban J connectivity index is 1.89. The second kappa shape index (κ2) is 12.5. The highest BCUT2D eigenvalue weighted by atomic mass is 32.2. The minimum atomic E-state index is -4.33. The maximum atomic E-state index is 14.4. The van der Waals surface area contributed by atoms with Crippen molar-refractivity contribution in [3.8, 4) is 17.2 Å². The topological polar surface area (TPSA) is 128 Å². The van der Waals surface area contributed by atoms with Crippen molar-refractivity contribution in [2.75, 3.05) is 0 Å². The molecule has 0 saturated heterocycles. The van der Waals surface area contributed by atoms with Crippen molar-refractivity contribution in [3.63, 3.8) is 0 Å². The van der Waals surface area contributed by atoms with Crippen LogP contribution in [0.15, 0.2) is 65.6 Å². The lowest BCUT2D eigenvalue weighted by Gasteiger charge is -2.53. The van der Waals surface area contributed by atoms with Gasteiger partial charge in [0.1, 0.15) is 21.4 Å². The number of sulfonamides is 1. The van der Waals surface area contributed by atoms with E-state index in [-0.39, 0.29) is 27.2 Å². The fourth-order valence-corrected chi connectivity index (χ4v) is 6.85. The van der Waals surface area contributed by atoms with Gasteiger partial charge < -0.3 is 19.3 Å². The molecule has 48 heavy (non-hydrogen) atoms. The number of benzene rings is 3. The van der Waals surface area contributed by atoms with Crippen molar-refractivity contribution >= 4 is 100 Å². The van der Waals surface area contributed by atoms with Crippen LogP contribution < -0.4 is 18.9 Å². The molecule has 1 aliphatic heterocycles. The number of aromatic carboxylic acids is 1. The third-order valence-electron chi connectivity index (χ3n) is 10.4. The third-order valence-corrected chi connectivity index (χ3v) is 11.7. The summed E-state index contributed by atoms with van der Waals surface area (Å²) in [6, 6.07) is 15.7. The van der Waals surface area contributed by atoms with Gasteiger partial charge in [-0.05, 0) is 65.1 Å². The Labute approximate surface area is 292 Å². The van der Waals surface area contributed by atoms with Crippen LogP contribution in [0.2, 0.25) is 10.3 Å². The number of carbonyl (C=O) groups excluding carboxylic acids is 1. The summed E-state index contributed by atoms with van der Waals surface area (Å²) in [6.07, 6.45) is 0. The molecule has 20 heteroatoms. The van der Waals surface area contributed by atoms with Crippen LogP contribution in [0.5, 0.6) is 17.2 Å². The number of fused-ring (bicyclic) bond motifs is 1. The van der Waals surface area contributed by atoms with Crippen LogP contribution in [0.1, 0.15) is 46.8 Å². The molecule has 1 amide bonds. The number of hydrogen-bond donors (Lipinski definition) is 2. The number of amides is 1. The largest absolute Gasteiger partial charge is 0.482 e. The van der Waals surface area contributed by atoms with Gasteiger partial charge in [-0.25, -0.2) is 17.9 Å². The van der Waals surface area contributed by atoms with E-state index in [9.17, 15) is 23.1 Å². The van der Waals surface area contributed by atoms with Gasteiger partial charge in [0.25, 0.3) is 15.9 Å². The monoisotopic (exact) mass is 659 g/mol. The molecule has 1 unspecified atom stereocenters. The summed E-state index contributed by atoms with van der Waals surface area (Å²) < 4.78 is 48.0. The van der Waals surface area contributed by atoms with Crippen LogP contribution in [0.3, 0.4) is 0 Å². The molecule has 1 heterocycles. The maximum absolute atomic E-state index is 14.4. The zero-order valence-corrected chi connectivity index (χ0v) is 30.9. The predicted octanol–water partition coefficient (Wildman–Crippen LogP) is -5.70. The number of carbonyl (C=O) groups is 2. The second-order valence-corrected chi connectivity index (χ2v) is 17.3. The first-order chi connectivity index (χ1) is 21.8. The van der Waals surface area contributed by atoms with Gasteiger partial charge in [0.2, 0.25) is 0 Å². The minimum Gasteiger partial charge on any atom is -0.482 e. The van der Waals surface area contributed by atoms with E-state index in [2.05, 4.69) is 44.0 Å². The van der Waals surface area contributed by atoms with Crippen molar-refractivity contribution in [2.24, 2.45) is 0 Å². The number of ether oxygens (including phenoxy) is 3. The van der Waals surface area contributed by atoms with Gasteiger partial charge in [0.05, 0.1) is 49.7 Å². The van der Waals surface area contributed by atoms with Crippen LogP contribution >= 0.6 is 0 Å². The SMILES string of the molecule is BC1(B)Oc2ccc(C(B)(Oc3ccc(C(=O)O)cc3C(B)(B)C(B)(B)C(B)(B)B)C(=O)NS(=O)(=O)c3ccc(C(C)C)cc3)cc2O1. The lowest BCUT2D eigenvalue weighted by atomic mass is 9.13. The van der Waals surface area contributed by atoms with E-state index in [1.54, 1.807) is 52.1 Å². The summed E-state index contributed by atoms with van der Waals surface area (Å²) >= 11 is 0. The molecule has 0 aliphatic carbocycles. The Bertz CT molecular complexity index is 1860. The zero-order chi connectivity index (χ0) is 36.3. The van der Waals surface area contributed by atoms with E-state index < -0.39 is 43.4 Å². The number of nitrogens with one attached hydrogen (secondary N) is 1. The Morgan fingerprint density at radius 1 is 0.854 bits per heavy atom. The first kappa shape index (κ1) is 37.4. The van der Waals surface area contributed by atoms with Crippen molar-refractivity contribution < 1.29 is 37.3 Å². The first-order valence-corrected chi connectivity index (χ1v) is 17.6. The van der Waals surface area contributed by atoms with E-state index in [1.807, 2.05) is 29.5 Å². The predicted molar refractivity (Wildman–Crippen MR) is 214 cm³/mol. The lowest BCUT2D eigenvalue weighted by molar-refractivity contribution is -0.129. The maximum Gasteiger partial charge on any atom is 0.335 e. The molecule has 2 N–H and O–H groups in total. The molecule has 3 aromatic carbocycles. The molecule has 1 aliphatic rings. The normalized spacial score (nSPS) is 15.7. The van der Waals surface area contributed by atoms with Gasteiger partial charge in [0.15, 0.2) is 46.1 Å². The third kappa shape index (κ3) is 7.00. The number of carboxylic acid groups (broad SMARTS) is 1. The lowest BCUT2D eigenvalue weighted by Crippen LogP contribution is -2.53. The Kier molecular flexibility index (Phi) is 9.73. The quantitative estimate of drug-likeness (QED) is 0.196. The molecular formula is C28H39B10NO8S. The van der Waals surface area contributed by atoms with E-state index >= 15 is 0 Å². The molecule has 0 bridgehead atoms. The van der Waals surface area contributed by atoms with E-state index in [4.69, 9.17) is 14.2 Å². The average Bonchev–Trinajstić information content (AvgIpc) is 3.29. The van der Waals surface area contributed by atoms with E-state index in [0.717, 1.165) is 5.56 Å². The highest BCUT2D eigenvalue weighted by molar-refractivity contribution is 7.90. The summed E-state index contributed by atoms with van der Waals surface area (Å²) in [5, 5.41) is 8.58. The van der Waals surface area contributed by atoms with E-state index in [1.165, 1.54) is 32.1 Å². The van der Waals surface area contributed by atoms with Crippen molar-refractivity contribution in [1.29, 1.82) is 0 Å². The molecule has 3 aromatic rings. The van der Waals surface area contributed by atoms with Gasteiger partial charge in [-0.1, -0.05) is 37.3 Å². The summed E-state index contributed by atoms with van der Waals surface area (Å²) in [7, 11) is 15.2. The van der Waals surface area contributed by atoms with Crippen molar-refractivity contribution in [2.45, 2.75) is 51.3 Å². The standard InChI is InChI=1S/C28H39B10NO8S/c1-13(2)14-3-7-17(8-4-14)48(43,44)39-23(42)24(29,16-6-10-20-21(12-16)47-28(37,38)46-20)45-19-9-5-15(22(40)41)11-18(19)25(30,31)26(32,33)27(34,35)36/h3-13H,29-38H2,1-2H3,(H,39,42)(H,40,41). The number of carboxylic acids is 1. The Hall–Kier alpha value is -3.40. The number of hydrogen-bond acceptors (Lipinski definition) is 7. The average molecular weight is 658 g/mol. The molecule has 0 saturated carbocycles. The van der Waals surface area contributed by atoms with Crippen LogP contribution in [-0.4, -0.2) is 109 Å². The molecule has 0 spiro atoms. The first-order valence-electron chi connectivity index (χ1n) is 16.1. The highest BCUT2D eigenvalue weighted by Gasteiger charge is 2.48. The fraction of sp³-hybridized carbons (Fsp3) is 0.286. The van der Waals surface area contributed by atoms with Crippen LogP contribution in [0, 0.1) is 0 Å². The van der Waals surface area contributed by atoms with Crippen LogP contribution in [0.25, 0.3) is 0 Å². The van der Waals surface area contributed by atoms with E-state index in [0.29, 0.717) is 22.6 Å². The summed E-state index contributed by atoms with van der Waals surface area (Å²) in [4.78, 5) is 26.5. The fourth-order valence-electron chi connectivity index (χ4n) is 5.80. The second-order valence-electron chi connectivity index (χ2n) is 15.6. The van der Waals surface area contributed by atoms with Crippen LogP contribution in [0.4, 0.5) is 0 Å². The number of rotatable bonds is 11. The highest BCUT2D eigenvalue weighted by Crippen LogP contribution is 2.53. The van der Waals surface area contributed by atoms with Crippen LogP contribution in [-0.2, 0) is 25.5 Å². The molecule has 0 aromatic heterocycles. The molecule has 0 fully saturated rings. The molecule has 1 atom stereocenters. The Morgan fingerprint density at radius 3 is 1.98 bits per heavy atom. The molecular weight excluding hydrogens is 618 g/mol. The van der Waals surface area contributed by atoms with Gasteiger partial charge in [-0.15, -0.1) is 10.3 Å². The van der Waals surface area contributed by atoms with Gasteiger partial charge >= 0.3 is 5.97 Å². The smallest absolute Gasteiger partial charge is 0.335 e. The summed E-state index contributed by atoms with van der Waals surface area (Å²) in [5.41, 5.74) is -1.04. The molecule has 4 rings (SSSR count). The van der Waals surface area contributed by atoms with Gasteiger partial charge in [-0.3, -0.25) is 4.79 Å². The van der Waals surface area contributed by atoms with Gasteiger partial charge in [-0.2, -0.15) is 0 Å². The summed E-state index contributed by atoms with van der Waals surface area (Å²) in [5.74, 6) is -0.808. The molecule has 240 valence electrons. The van der Waals surface area contributed by atoms with Crippen molar-refractivity contribution in [1.82, 2.24) is 4.72 Å². The Morgan fingerprint density at radius 2 is 1.44 bits per heavy atom.